The van der Waals surface area contributed by atoms with Crippen LogP contribution in [0.25, 0.3) is 0 Å². The molecule has 4 nitrogen and oxygen atoms in total. The quantitative estimate of drug-likeness (QED) is 0.876. The van der Waals surface area contributed by atoms with Gasteiger partial charge >= 0.3 is 0 Å². The van der Waals surface area contributed by atoms with Crippen LogP contribution in [0.3, 0.4) is 0 Å². The Morgan fingerprint density at radius 2 is 1.85 bits per heavy atom. The van der Waals surface area contributed by atoms with E-state index >= 15 is 0 Å². The molecular formula is C15H23BrN2O2. The molecular weight excluding hydrogens is 320 g/mol. The van der Waals surface area contributed by atoms with Crippen LogP contribution in [-0.4, -0.2) is 53.4 Å². The summed E-state index contributed by atoms with van der Waals surface area (Å²) >= 11 is 3.49. The number of rotatable bonds is 4. The monoisotopic (exact) mass is 342 g/mol. The highest BCUT2D eigenvalue weighted by Gasteiger charge is 2.23. The molecule has 1 saturated heterocycles. The summed E-state index contributed by atoms with van der Waals surface area (Å²) < 4.78 is 1.03. The second-order valence-electron chi connectivity index (χ2n) is 6.01. The van der Waals surface area contributed by atoms with Crippen molar-refractivity contribution in [2.45, 2.75) is 26.1 Å². The maximum absolute atomic E-state index is 9.88. The molecule has 0 radical (unpaired) electrons. The van der Waals surface area contributed by atoms with Gasteiger partial charge in [-0.3, -0.25) is 4.90 Å². The average Bonchev–Trinajstić information content (AvgIpc) is 2.38. The number of β-amino-alcohol motifs (C(OH)–C–C–N with tert-alkyl or cyclic N) is 1. The van der Waals surface area contributed by atoms with Crippen LogP contribution in [0.4, 0.5) is 5.69 Å². The predicted octanol–water partition coefficient (Wildman–Crippen LogP) is 1.83. The van der Waals surface area contributed by atoms with Crippen molar-refractivity contribution in [3.63, 3.8) is 0 Å². The van der Waals surface area contributed by atoms with Gasteiger partial charge in [-0.2, -0.15) is 0 Å². The Hall–Kier alpha value is -0.620. The summed E-state index contributed by atoms with van der Waals surface area (Å²) in [5, 5.41) is 19.3. The first-order valence-corrected chi connectivity index (χ1v) is 7.77. The number of nitrogens with zero attached hydrogens (tertiary/aromatic N) is 2. The van der Waals surface area contributed by atoms with E-state index in [0.29, 0.717) is 6.54 Å². The van der Waals surface area contributed by atoms with Gasteiger partial charge in [-0.05, 0) is 26.0 Å². The lowest BCUT2D eigenvalue weighted by atomic mass is 10.1. The molecule has 0 amide bonds. The number of anilines is 1. The largest absolute Gasteiger partial charge is 0.392 e. The molecule has 0 bridgehead atoms. The summed E-state index contributed by atoms with van der Waals surface area (Å²) in [6.07, 6.45) is 0. The summed E-state index contributed by atoms with van der Waals surface area (Å²) in [6.45, 7) is 8.15. The van der Waals surface area contributed by atoms with Crippen molar-refractivity contribution < 1.29 is 10.2 Å². The van der Waals surface area contributed by atoms with E-state index in [1.165, 1.54) is 0 Å². The molecule has 1 aliphatic rings. The lowest BCUT2D eigenvalue weighted by Gasteiger charge is -2.39. The molecule has 0 unspecified atom stereocenters. The molecule has 5 heteroatoms. The zero-order chi connectivity index (χ0) is 14.8. The number of piperazine rings is 1. The number of aliphatic hydroxyl groups is 2. The highest BCUT2D eigenvalue weighted by Crippen LogP contribution is 2.26. The molecule has 1 aliphatic heterocycles. The molecule has 1 aromatic carbocycles. The number of benzene rings is 1. The van der Waals surface area contributed by atoms with Crippen molar-refractivity contribution in [1.82, 2.24) is 4.90 Å². The predicted molar refractivity (Wildman–Crippen MR) is 85.0 cm³/mol. The van der Waals surface area contributed by atoms with Crippen molar-refractivity contribution in [3.8, 4) is 0 Å². The summed E-state index contributed by atoms with van der Waals surface area (Å²) in [4.78, 5) is 4.59. The maximum atomic E-state index is 9.88. The van der Waals surface area contributed by atoms with Gasteiger partial charge in [0.2, 0.25) is 0 Å². The van der Waals surface area contributed by atoms with Crippen molar-refractivity contribution in [1.29, 1.82) is 0 Å². The van der Waals surface area contributed by atoms with Gasteiger partial charge in [0, 0.05) is 48.4 Å². The first-order valence-electron chi connectivity index (χ1n) is 6.98. The van der Waals surface area contributed by atoms with Gasteiger partial charge in [0.05, 0.1) is 12.2 Å². The molecule has 0 saturated carbocycles. The summed E-state index contributed by atoms with van der Waals surface area (Å²) in [7, 11) is 0. The molecule has 1 fully saturated rings. The maximum Gasteiger partial charge on any atom is 0.0718 e. The highest BCUT2D eigenvalue weighted by molar-refractivity contribution is 9.10. The Balaban J connectivity index is 2.02. The minimum absolute atomic E-state index is 0.0620. The molecule has 0 aromatic heterocycles. The van der Waals surface area contributed by atoms with E-state index in [2.05, 4.69) is 31.8 Å². The Bertz CT molecular complexity index is 452. The fraction of sp³-hybridized carbons (Fsp3) is 0.600. The van der Waals surface area contributed by atoms with E-state index < -0.39 is 5.60 Å². The van der Waals surface area contributed by atoms with Crippen molar-refractivity contribution in [2.24, 2.45) is 0 Å². The van der Waals surface area contributed by atoms with Crippen molar-refractivity contribution in [3.05, 3.63) is 28.2 Å². The minimum atomic E-state index is -0.645. The van der Waals surface area contributed by atoms with Crippen molar-refractivity contribution >= 4 is 21.6 Å². The molecule has 1 heterocycles. The normalized spacial score (nSPS) is 17.6. The Morgan fingerprint density at radius 1 is 1.20 bits per heavy atom. The molecule has 2 N–H and O–H groups in total. The lowest BCUT2D eigenvalue weighted by molar-refractivity contribution is 0.0345. The summed E-state index contributed by atoms with van der Waals surface area (Å²) in [5.74, 6) is 0. The topological polar surface area (TPSA) is 46.9 Å². The van der Waals surface area contributed by atoms with Crippen LogP contribution in [0.2, 0.25) is 0 Å². The van der Waals surface area contributed by atoms with Crippen LogP contribution in [0.5, 0.6) is 0 Å². The van der Waals surface area contributed by atoms with Crippen LogP contribution in [0.15, 0.2) is 22.7 Å². The van der Waals surface area contributed by atoms with Gasteiger partial charge < -0.3 is 15.1 Å². The zero-order valence-corrected chi connectivity index (χ0v) is 13.7. The Morgan fingerprint density at radius 3 is 2.40 bits per heavy atom. The lowest BCUT2D eigenvalue weighted by Crippen LogP contribution is -2.50. The highest BCUT2D eigenvalue weighted by atomic mass is 79.9. The van der Waals surface area contributed by atoms with E-state index in [1.807, 2.05) is 26.0 Å². The van der Waals surface area contributed by atoms with Gasteiger partial charge in [0.15, 0.2) is 0 Å². The second kappa shape index (κ2) is 6.43. The van der Waals surface area contributed by atoms with Gasteiger partial charge in [-0.15, -0.1) is 0 Å². The molecule has 112 valence electrons. The third kappa shape index (κ3) is 4.19. The Kier molecular flexibility index (Phi) is 5.07. The third-order valence-corrected chi connectivity index (χ3v) is 4.03. The fourth-order valence-corrected chi connectivity index (χ4v) is 3.01. The van der Waals surface area contributed by atoms with E-state index in [9.17, 15) is 10.2 Å². The van der Waals surface area contributed by atoms with Gasteiger partial charge in [0.1, 0.15) is 0 Å². The molecule has 20 heavy (non-hydrogen) atoms. The number of hydrogen-bond acceptors (Lipinski definition) is 4. The first kappa shape index (κ1) is 15.8. The van der Waals surface area contributed by atoms with Crippen molar-refractivity contribution in [2.75, 3.05) is 37.6 Å². The number of aliphatic hydroxyl groups excluding tert-OH is 1. The minimum Gasteiger partial charge on any atom is -0.392 e. The molecule has 1 aromatic rings. The van der Waals surface area contributed by atoms with Crippen LogP contribution in [0.1, 0.15) is 19.4 Å². The first-order chi connectivity index (χ1) is 9.39. The van der Waals surface area contributed by atoms with Crippen LogP contribution in [-0.2, 0) is 6.61 Å². The summed E-state index contributed by atoms with van der Waals surface area (Å²) in [6, 6.07) is 5.99. The van der Waals surface area contributed by atoms with E-state index in [-0.39, 0.29) is 6.61 Å². The molecule has 2 rings (SSSR count). The van der Waals surface area contributed by atoms with E-state index in [0.717, 1.165) is 41.9 Å². The number of halogens is 1. The van der Waals surface area contributed by atoms with Gasteiger partial charge in [-0.25, -0.2) is 0 Å². The van der Waals surface area contributed by atoms with Crippen LogP contribution >= 0.6 is 15.9 Å². The zero-order valence-electron chi connectivity index (χ0n) is 12.1. The second-order valence-corrected chi connectivity index (χ2v) is 6.92. The SMILES string of the molecule is CC(C)(O)CN1CCN(c2cc(Br)ccc2CO)CC1. The number of hydrogen-bond donors (Lipinski definition) is 2. The summed E-state index contributed by atoms with van der Waals surface area (Å²) in [5.41, 5.74) is 1.42. The fourth-order valence-electron chi connectivity index (χ4n) is 2.66. The molecule has 0 aliphatic carbocycles. The molecule has 0 spiro atoms. The third-order valence-electron chi connectivity index (χ3n) is 3.54. The van der Waals surface area contributed by atoms with E-state index in [1.54, 1.807) is 0 Å². The average molecular weight is 343 g/mol. The van der Waals surface area contributed by atoms with Gasteiger partial charge in [0.25, 0.3) is 0 Å². The smallest absolute Gasteiger partial charge is 0.0718 e. The van der Waals surface area contributed by atoms with E-state index in [4.69, 9.17) is 0 Å². The van der Waals surface area contributed by atoms with Crippen LogP contribution < -0.4 is 4.90 Å². The Labute approximate surface area is 129 Å². The van der Waals surface area contributed by atoms with Crippen LogP contribution in [0, 0.1) is 0 Å². The standard InChI is InChI=1S/C15H23BrN2O2/c1-15(2,20)11-17-5-7-18(8-6-17)14-9-13(16)4-3-12(14)10-19/h3-4,9,19-20H,5-8,10-11H2,1-2H3. The molecule has 0 atom stereocenters. The van der Waals surface area contributed by atoms with Gasteiger partial charge in [-0.1, -0.05) is 22.0 Å².